The van der Waals surface area contributed by atoms with E-state index in [0.29, 0.717) is 49.3 Å². The molecule has 0 aliphatic carbocycles. The molecule has 1 fully saturated rings. The van der Waals surface area contributed by atoms with E-state index in [1.54, 1.807) is 24.1 Å². The number of amides is 2. The van der Waals surface area contributed by atoms with Gasteiger partial charge in [-0.05, 0) is 37.0 Å². The summed E-state index contributed by atoms with van der Waals surface area (Å²) in [7, 11) is 0. The van der Waals surface area contributed by atoms with Crippen molar-refractivity contribution in [2.24, 2.45) is 5.92 Å². The second-order valence-corrected chi connectivity index (χ2v) is 7.89. The van der Waals surface area contributed by atoms with Crippen molar-refractivity contribution < 1.29 is 14.0 Å². The van der Waals surface area contributed by atoms with Crippen LogP contribution in [0, 0.1) is 18.7 Å². The Morgan fingerprint density at radius 2 is 1.90 bits per heavy atom. The van der Waals surface area contributed by atoms with E-state index in [1.807, 2.05) is 36.4 Å². The van der Waals surface area contributed by atoms with Crippen LogP contribution in [0.2, 0.25) is 0 Å². The second-order valence-electron chi connectivity index (χ2n) is 7.89. The Hall–Kier alpha value is -3.48. The lowest BCUT2D eigenvalue weighted by Crippen LogP contribution is -2.43. The predicted molar refractivity (Wildman–Crippen MR) is 116 cm³/mol. The first kappa shape index (κ1) is 20.8. The first-order valence-electron chi connectivity index (χ1n) is 10.4. The minimum Gasteiger partial charge on any atom is -0.352 e. The molecule has 1 aliphatic heterocycles. The van der Waals surface area contributed by atoms with Gasteiger partial charge in [0.2, 0.25) is 5.91 Å². The van der Waals surface area contributed by atoms with Crippen LogP contribution < -0.4 is 5.32 Å². The molecule has 31 heavy (non-hydrogen) atoms. The molecule has 3 aromatic rings. The van der Waals surface area contributed by atoms with Gasteiger partial charge in [0.25, 0.3) is 5.91 Å². The zero-order valence-electron chi connectivity index (χ0n) is 17.4. The zero-order valence-corrected chi connectivity index (χ0v) is 17.4. The van der Waals surface area contributed by atoms with Crippen molar-refractivity contribution in [2.75, 3.05) is 13.1 Å². The van der Waals surface area contributed by atoms with E-state index in [2.05, 4.69) is 15.5 Å². The minimum absolute atomic E-state index is 0.0543. The summed E-state index contributed by atoms with van der Waals surface area (Å²) < 4.78 is 13.7. The van der Waals surface area contributed by atoms with Crippen LogP contribution in [0.4, 0.5) is 4.39 Å². The van der Waals surface area contributed by atoms with E-state index in [-0.39, 0.29) is 23.5 Å². The topological polar surface area (TPSA) is 78.1 Å². The van der Waals surface area contributed by atoms with Gasteiger partial charge in [-0.25, -0.2) is 4.39 Å². The van der Waals surface area contributed by atoms with Gasteiger partial charge in [0.1, 0.15) is 5.82 Å². The molecular formula is C24H25FN4O2. The fraction of sp³-hybridized carbons (Fsp3) is 0.292. The van der Waals surface area contributed by atoms with Crippen molar-refractivity contribution in [3.8, 4) is 11.3 Å². The van der Waals surface area contributed by atoms with Crippen LogP contribution in [0.3, 0.4) is 0 Å². The number of hydrogen-bond donors (Lipinski definition) is 2. The highest BCUT2D eigenvalue weighted by atomic mass is 19.1. The van der Waals surface area contributed by atoms with E-state index in [9.17, 15) is 14.0 Å². The van der Waals surface area contributed by atoms with E-state index < -0.39 is 0 Å². The maximum atomic E-state index is 13.7. The van der Waals surface area contributed by atoms with E-state index in [1.165, 1.54) is 6.07 Å². The summed E-state index contributed by atoms with van der Waals surface area (Å²) in [5, 5.41) is 9.87. The monoisotopic (exact) mass is 420 g/mol. The average Bonchev–Trinajstić information content (AvgIpc) is 3.30. The fourth-order valence-corrected chi connectivity index (χ4v) is 3.87. The zero-order chi connectivity index (χ0) is 21.8. The number of hydrogen-bond acceptors (Lipinski definition) is 3. The number of carbonyl (C=O) groups is 2. The molecule has 2 N–H and O–H groups in total. The van der Waals surface area contributed by atoms with Gasteiger partial charge < -0.3 is 10.2 Å². The lowest BCUT2D eigenvalue weighted by Gasteiger charge is -2.31. The van der Waals surface area contributed by atoms with Gasteiger partial charge in [-0.1, -0.05) is 42.5 Å². The molecule has 2 aromatic carbocycles. The Kier molecular flexibility index (Phi) is 6.11. The molecule has 0 unspecified atom stereocenters. The normalized spacial score (nSPS) is 14.5. The number of nitrogens with one attached hydrogen (secondary N) is 2. The summed E-state index contributed by atoms with van der Waals surface area (Å²) in [5.74, 6) is -0.562. The summed E-state index contributed by atoms with van der Waals surface area (Å²) in [6.07, 6.45) is 2.75. The van der Waals surface area contributed by atoms with Crippen LogP contribution in [0.1, 0.15) is 34.3 Å². The molecule has 160 valence electrons. The predicted octanol–water partition coefficient (Wildman–Crippen LogP) is 3.69. The molecule has 0 atom stereocenters. The molecule has 2 heterocycles. The largest absolute Gasteiger partial charge is 0.352 e. The van der Waals surface area contributed by atoms with Crippen molar-refractivity contribution in [1.82, 2.24) is 20.4 Å². The van der Waals surface area contributed by atoms with Gasteiger partial charge in [0.15, 0.2) is 0 Å². The van der Waals surface area contributed by atoms with Crippen molar-refractivity contribution in [1.29, 1.82) is 0 Å². The third-order valence-corrected chi connectivity index (χ3v) is 5.79. The number of likely N-dealkylation sites (tertiary alicyclic amines) is 1. The van der Waals surface area contributed by atoms with Gasteiger partial charge in [-0.2, -0.15) is 5.10 Å². The van der Waals surface area contributed by atoms with Crippen molar-refractivity contribution in [3.63, 3.8) is 0 Å². The number of halogens is 1. The quantitative estimate of drug-likeness (QED) is 0.661. The maximum absolute atomic E-state index is 13.7. The number of rotatable bonds is 5. The van der Waals surface area contributed by atoms with Crippen LogP contribution >= 0.6 is 0 Å². The molecule has 0 bridgehead atoms. The summed E-state index contributed by atoms with van der Waals surface area (Å²) in [5.41, 5.74) is 3.47. The number of piperidine rings is 1. The molecule has 1 aliphatic rings. The molecule has 0 radical (unpaired) electrons. The summed E-state index contributed by atoms with van der Waals surface area (Å²) >= 11 is 0. The molecule has 6 nitrogen and oxygen atoms in total. The van der Waals surface area contributed by atoms with Crippen LogP contribution in [0.5, 0.6) is 0 Å². The molecular weight excluding hydrogens is 395 g/mol. The Bertz CT molecular complexity index is 1070. The number of carbonyl (C=O) groups excluding carboxylic acids is 2. The van der Waals surface area contributed by atoms with Gasteiger partial charge in [0.05, 0.1) is 17.5 Å². The number of aromatic nitrogens is 2. The molecule has 0 saturated carbocycles. The third kappa shape index (κ3) is 4.66. The Morgan fingerprint density at radius 1 is 1.16 bits per heavy atom. The van der Waals surface area contributed by atoms with Gasteiger partial charge >= 0.3 is 0 Å². The van der Waals surface area contributed by atoms with Gasteiger partial charge in [-0.15, -0.1) is 0 Å². The number of aromatic amines is 1. The van der Waals surface area contributed by atoms with Crippen molar-refractivity contribution in [3.05, 3.63) is 77.2 Å². The van der Waals surface area contributed by atoms with Crippen LogP contribution in [-0.4, -0.2) is 40.0 Å². The molecule has 1 saturated heterocycles. The smallest absolute Gasteiger partial charge is 0.257 e. The minimum atomic E-state index is -0.271. The van der Waals surface area contributed by atoms with E-state index >= 15 is 0 Å². The van der Waals surface area contributed by atoms with E-state index in [0.717, 1.165) is 11.1 Å². The van der Waals surface area contributed by atoms with E-state index in [4.69, 9.17) is 0 Å². The molecule has 2 amide bonds. The van der Waals surface area contributed by atoms with Crippen LogP contribution in [0.15, 0.2) is 54.7 Å². The summed E-state index contributed by atoms with van der Waals surface area (Å²) in [4.78, 5) is 27.4. The summed E-state index contributed by atoms with van der Waals surface area (Å²) in [6.45, 7) is 3.02. The number of nitrogens with zero attached hydrogens (tertiary/aromatic N) is 2. The fourth-order valence-electron chi connectivity index (χ4n) is 3.87. The first-order chi connectivity index (χ1) is 15.0. The molecule has 1 aromatic heterocycles. The highest BCUT2D eigenvalue weighted by molar-refractivity contribution is 5.99. The van der Waals surface area contributed by atoms with Crippen LogP contribution in [-0.2, 0) is 11.3 Å². The first-order valence-corrected chi connectivity index (χ1v) is 10.4. The highest BCUT2D eigenvalue weighted by Crippen LogP contribution is 2.25. The van der Waals surface area contributed by atoms with Gasteiger partial charge in [-0.3, -0.25) is 14.7 Å². The van der Waals surface area contributed by atoms with Crippen molar-refractivity contribution >= 4 is 11.8 Å². The number of benzene rings is 2. The lowest BCUT2D eigenvalue weighted by molar-refractivity contribution is -0.126. The Morgan fingerprint density at radius 3 is 2.61 bits per heavy atom. The summed E-state index contributed by atoms with van der Waals surface area (Å²) in [6, 6.07) is 14.6. The third-order valence-electron chi connectivity index (χ3n) is 5.79. The number of H-pyrrole nitrogens is 1. The molecule has 4 rings (SSSR count). The Balaban J connectivity index is 1.32. The Labute approximate surface area is 180 Å². The highest BCUT2D eigenvalue weighted by Gasteiger charge is 2.29. The van der Waals surface area contributed by atoms with Crippen molar-refractivity contribution in [2.45, 2.75) is 26.3 Å². The van der Waals surface area contributed by atoms with Crippen LogP contribution in [0.25, 0.3) is 11.3 Å². The number of aryl methyl sites for hydroxylation is 1. The SMILES string of the molecule is Cc1ccc(CNC(=O)C2CCN(C(=O)c3cn[nH]c3-c3ccccc3)CC2)cc1F. The standard InChI is InChI=1S/C24H25FN4O2/c1-16-7-8-17(13-21(16)25)14-26-23(30)19-9-11-29(12-10-19)24(31)20-15-27-28-22(20)18-5-3-2-4-6-18/h2-8,13,15,19H,9-12,14H2,1H3,(H,26,30)(H,27,28). The maximum Gasteiger partial charge on any atom is 0.257 e. The second kappa shape index (κ2) is 9.12. The van der Waals surface area contributed by atoms with Gasteiger partial charge in [0, 0.05) is 31.1 Å². The lowest BCUT2D eigenvalue weighted by atomic mass is 9.95. The molecule has 0 spiro atoms. The molecule has 7 heteroatoms. The average molecular weight is 420 g/mol.